The zero-order valence-electron chi connectivity index (χ0n) is 14.0. The summed E-state index contributed by atoms with van der Waals surface area (Å²) in [5.74, 6) is 0.0468. The van der Waals surface area contributed by atoms with E-state index >= 15 is 0 Å². The first-order valence-corrected chi connectivity index (χ1v) is 8.12. The van der Waals surface area contributed by atoms with Gasteiger partial charge >= 0.3 is 0 Å². The van der Waals surface area contributed by atoms with Gasteiger partial charge in [-0.25, -0.2) is 0 Å². The molecule has 3 heteroatoms. The van der Waals surface area contributed by atoms with Gasteiger partial charge < -0.3 is 10.2 Å². The van der Waals surface area contributed by atoms with Crippen molar-refractivity contribution in [2.24, 2.45) is 0 Å². The molecule has 21 heavy (non-hydrogen) atoms. The van der Waals surface area contributed by atoms with Crippen molar-refractivity contribution in [1.29, 1.82) is 0 Å². The number of carbonyl (C=O) groups excluding carboxylic acids is 1. The van der Waals surface area contributed by atoms with Gasteiger partial charge in [-0.15, -0.1) is 0 Å². The lowest BCUT2D eigenvalue weighted by Gasteiger charge is -2.16. The second-order valence-electron chi connectivity index (χ2n) is 6.03. The average molecular weight is 290 g/mol. The van der Waals surface area contributed by atoms with Gasteiger partial charge in [-0.1, -0.05) is 39.0 Å². The minimum atomic E-state index is 0.0468. The molecule has 0 aliphatic rings. The van der Waals surface area contributed by atoms with E-state index in [0.717, 1.165) is 11.3 Å². The first kappa shape index (κ1) is 17.5. The lowest BCUT2D eigenvalue weighted by atomic mass is 10.1. The molecule has 1 atom stereocenters. The zero-order chi connectivity index (χ0) is 15.7. The highest BCUT2D eigenvalue weighted by atomic mass is 16.2. The molecule has 1 unspecified atom stereocenters. The van der Waals surface area contributed by atoms with E-state index in [2.05, 4.69) is 19.2 Å². The third-order valence-corrected chi connectivity index (χ3v) is 3.69. The van der Waals surface area contributed by atoms with E-state index in [9.17, 15) is 4.79 Å². The smallest absolute Gasteiger partial charge is 0.253 e. The van der Waals surface area contributed by atoms with E-state index in [1.807, 2.05) is 24.3 Å². The number of carbonyl (C=O) groups is 1. The van der Waals surface area contributed by atoms with E-state index in [1.165, 1.54) is 38.5 Å². The number of rotatable bonds is 9. The fourth-order valence-electron chi connectivity index (χ4n) is 2.38. The molecule has 0 bridgehead atoms. The number of nitrogens with one attached hydrogen (secondary N) is 1. The standard InChI is InChI=1S/C18H30N2O/c1-5-6-7-8-9-10-15(2)19-17-13-11-16(12-14-17)18(21)20(3)4/h11-15,19H,5-10H2,1-4H3. The summed E-state index contributed by atoms with van der Waals surface area (Å²) in [6.07, 6.45) is 7.81. The second kappa shape index (κ2) is 9.43. The highest BCUT2D eigenvalue weighted by Gasteiger charge is 2.08. The molecule has 0 saturated heterocycles. The van der Waals surface area contributed by atoms with Crippen LogP contribution < -0.4 is 5.32 Å². The maximum Gasteiger partial charge on any atom is 0.253 e. The molecule has 0 fully saturated rings. The maximum absolute atomic E-state index is 11.8. The maximum atomic E-state index is 11.8. The summed E-state index contributed by atoms with van der Waals surface area (Å²) in [6, 6.07) is 8.23. The van der Waals surface area contributed by atoms with Crippen molar-refractivity contribution in [3.63, 3.8) is 0 Å². The zero-order valence-corrected chi connectivity index (χ0v) is 14.0. The number of benzene rings is 1. The van der Waals surface area contributed by atoms with Gasteiger partial charge in [0.25, 0.3) is 5.91 Å². The van der Waals surface area contributed by atoms with Crippen LogP contribution in [-0.2, 0) is 0 Å². The van der Waals surface area contributed by atoms with Crippen LogP contribution in [0.3, 0.4) is 0 Å². The van der Waals surface area contributed by atoms with Crippen LogP contribution >= 0.6 is 0 Å². The van der Waals surface area contributed by atoms with Gasteiger partial charge in [0.05, 0.1) is 0 Å². The van der Waals surface area contributed by atoms with Crippen LogP contribution in [0, 0.1) is 0 Å². The lowest BCUT2D eigenvalue weighted by Crippen LogP contribution is -2.21. The van der Waals surface area contributed by atoms with E-state index in [4.69, 9.17) is 0 Å². The van der Waals surface area contributed by atoms with Crippen molar-refractivity contribution in [2.45, 2.75) is 58.4 Å². The number of unbranched alkanes of at least 4 members (excludes halogenated alkanes) is 4. The molecule has 0 radical (unpaired) electrons. The predicted octanol–water partition coefficient (Wildman–Crippen LogP) is 4.55. The van der Waals surface area contributed by atoms with E-state index in [0.29, 0.717) is 6.04 Å². The molecule has 1 aromatic rings. The Labute approximate surface area is 129 Å². The first-order valence-electron chi connectivity index (χ1n) is 8.12. The predicted molar refractivity (Wildman–Crippen MR) is 90.9 cm³/mol. The summed E-state index contributed by atoms with van der Waals surface area (Å²) in [4.78, 5) is 13.4. The monoisotopic (exact) mass is 290 g/mol. The Morgan fingerprint density at radius 2 is 1.71 bits per heavy atom. The van der Waals surface area contributed by atoms with Gasteiger partial charge in [-0.2, -0.15) is 0 Å². The third-order valence-electron chi connectivity index (χ3n) is 3.69. The van der Waals surface area contributed by atoms with Crippen LogP contribution in [0.2, 0.25) is 0 Å². The van der Waals surface area contributed by atoms with Gasteiger partial charge in [0.2, 0.25) is 0 Å². The number of anilines is 1. The van der Waals surface area contributed by atoms with Crippen LogP contribution in [0.4, 0.5) is 5.69 Å². The SMILES string of the molecule is CCCCCCCC(C)Nc1ccc(C(=O)N(C)C)cc1. The highest BCUT2D eigenvalue weighted by Crippen LogP contribution is 2.14. The highest BCUT2D eigenvalue weighted by molar-refractivity contribution is 5.94. The molecule has 3 nitrogen and oxygen atoms in total. The van der Waals surface area contributed by atoms with Crippen LogP contribution in [0.5, 0.6) is 0 Å². The molecular weight excluding hydrogens is 260 g/mol. The summed E-state index contributed by atoms with van der Waals surface area (Å²) in [7, 11) is 3.55. The number of hydrogen-bond donors (Lipinski definition) is 1. The first-order chi connectivity index (χ1) is 10.0. The van der Waals surface area contributed by atoms with Crippen molar-refractivity contribution in [3.05, 3.63) is 29.8 Å². The molecule has 0 aliphatic carbocycles. The fraction of sp³-hybridized carbons (Fsp3) is 0.611. The van der Waals surface area contributed by atoms with Crippen molar-refractivity contribution in [3.8, 4) is 0 Å². The summed E-state index contributed by atoms with van der Waals surface area (Å²) in [5.41, 5.74) is 1.82. The Kier molecular flexibility index (Phi) is 7.88. The normalized spacial score (nSPS) is 12.0. The van der Waals surface area contributed by atoms with Gasteiger partial charge in [0.15, 0.2) is 0 Å². The minimum absolute atomic E-state index is 0.0468. The second-order valence-corrected chi connectivity index (χ2v) is 6.03. The van der Waals surface area contributed by atoms with Gasteiger partial charge in [0.1, 0.15) is 0 Å². The Morgan fingerprint density at radius 1 is 1.10 bits per heavy atom. The quantitative estimate of drug-likeness (QED) is 0.677. The largest absolute Gasteiger partial charge is 0.383 e. The topological polar surface area (TPSA) is 32.3 Å². The number of hydrogen-bond acceptors (Lipinski definition) is 2. The number of nitrogens with zero attached hydrogens (tertiary/aromatic N) is 1. The van der Waals surface area contributed by atoms with Crippen molar-refractivity contribution >= 4 is 11.6 Å². The molecule has 1 amide bonds. The lowest BCUT2D eigenvalue weighted by molar-refractivity contribution is 0.0827. The minimum Gasteiger partial charge on any atom is -0.383 e. The van der Waals surface area contributed by atoms with Crippen LogP contribution in [-0.4, -0.2) is 30.9 Å². The summed E-state index contributed by atoms with van der Waals surface area (Å²) in [5, 5.41) is 3.50. The Balaban J connectivity index is 2.36. The fourth-order valence-corrected chi connectivity index (χ4v) is 2.38. The third kappa shape index (κ3) is 6.65. The van der Waals surface area contributed by atoms with Crippen molar-refractivity contribution in [1.82, 2.24) is 4.90 Å². The van der Waals surface area contributed by atoms with Crippen LogP contribution in [0.1, 0.15) is 62.7 Å². The summed E-state index contributed by atoms with van der Waals surface area (Å²) >= 11 is 0. The average Bonchev–Trinajstić information content (AvgIpc) is 2.47. The van der Waals surface area contributed by atoms with E-state index in [-0.39, 0.29) is 5.91 Å². The molecular formula is C18H30N2O. The molecule has 0 aliphatic heterocycles. The van der Waals surface area contributed by atoms with Crippen molar-refractivity contribution in [2.75, 3.05) is 19.4 Å². The molecule has 0 spiro atoms. The number of amides is 1. The Morgan fingerprint density at radius 3 is 2.29 bits per heavy atom. The van der Waals surface area contributed by atoms with Gasteiger partial charge in [0, 0.05) is 31.4 Å². The molecule has 0 saturated carbocycles. The summed E-state index contributed by atoms with van der Waals surface area (Å²) in [6.45, 7) is 4.47. The molecule has 1 N–H and O–H groups in total. The van der Waals surface area contributed by atoms with Crippen molar-refractivity contribution < 1.29 is 4.79 Å². The molecule has 0 aromatic heterocycles. The van der Waals surface area contributed by atoms with E-state index < -0.39 is 0 Å². The molecule has 118 valence electrons. The Bertz CT molecular complexity index is 412. The van der Waals surface area contributed by atoms with E-state index in [1.54, 1.807) is 19.0 Å². The van der Waals surface area contributed by atoms with Crippen LogP contribution in [0.15, 0.2) is 24.3 Å². The molecule has 1 rings (SSSR count). The van der Waals surface area contributed by atoms with Gasteiger partial charge in [-0.05, 0) is 37.6 Å². The molecule has 1 aromatic carbocycles. The van der Waals surface area contributed by atoms with Crippen LogP contribution in [0.25, 0.3) is 0 Å². The molecule has 0 heterocycles. The Hall–Kier alpha value is -1.51. The summed E-state index contributed by atoms with van der Waals surface area (Å²) < 4.78 is 0. The van der Waals surface area contributed by atoms with Gasteiger partial charge in [-0.3, -0.25) is 4.79 Å².